The zero-order chi connectivity index (χ0) is 21.4. The van der Waals surface area contributed by atoms with Gasteiger partial charge in [0, 0.05) is 37.3 Å². The fraction of sp³-hybridized carbons (Fsp3) is 0.263. The molecule has 0 amide bonds. The number of benzene rings is 2. The fourth-order valence-electron chi connectivity index (χ4n) is 3.69. The molecule has 2 heterocycles. The summed E-state index contributed by atoms with van der Waals surface area (Å²) in [6, 6.07) is 2.47. The van der Waals surface area contributed by atoms with Gasteiger partial charge >= 0.3 is 0 Å². The van der Waals surface area contributed by atoms with Crippen LogP contribution in [0.4, 0.5) is 26.0 Å². The van der Waals surface area contributed by atoms with E-state index >= 15 is 4.39 Å². The Morgan fingerprint density at radius 1 is 1.20 bits per heavy atom. The number of nitrogen functional groups attached to an aromatic ring is 2. The highest BCUT2D eigenvalue weighted by molar-refractivity contribution is 6.37. The molecule has 3 aromatic rings. The Morgan fingerprint density at radius 2 is 1.93 bits per heavy atom. The summed E-state index contributed by atoms with van der Waals surface area (Å²) in [5, 5.41) is 3.44. The van der Waals surface area contributed by atoms with Crippen LogP contribution in [0.25, 0.3) is 22.0 Å². The summed E-state index contributed by atoms with van der Waals surface area (Å²) in [4.78, 5) is 10.4. The predicted octanol–water partition coefficient (Wildman–Crippen LogP) is 2.51. The number of halogens is 3. The van der Waals surface area contributed by atoms with Crippen molar-refractivity contribution in [3.8, 4) is 16.9 Å². The molecular formula is C19H20ClF2N7O. The van der Waals surface area contributed by atoms with Gasteiger partial charge in [0.25, 0.3) is 0 Å². The number of hydrazine groups is 1. The first-order valence-electron chi connectivity index (χ1n) is 9.19. The molecule has 1 aliphatic heterocycles. The van der Waals surface area contributed by atoms with Gasteiger partial charge in [-0.05, 0) is 12.1 Å². The lowest BCUT2D eigenvalue weighted by atomic mass is 9.98. The van der Waals surface area contributed by atoms with Gasteiger partial charge in [0.1, 0.15) is 23.5 Å². The third-order valence-corrected chi connectivity index (χ3v) is 5.48. The van der Waals surface area contributed by atoms with Crippen molar-refractivity contribution in [2.45, 2.75) is 0 Å². The molecule has 1 saturated heterocycles. The molecule has 0 bridgehead atoms. The monoisotopic (exact) mass is 435 g/mol. The van der Waals surface area contributed by atoms with Crippen LogP contribution in [0, 0.1) is 11.6 Å². The summed E-state index contributed by atoms with van der Waals surface area (Å²) in [7, 11) is 1.40. The summed E-state index contributed by atoms with van der Waals surface area (Å²) in [6.45, 7) is 2.84. The molecule has 0 spiro atoms. The number of hydrogen-bond donors (Lipinski definition) is 4. The van der Waals surface area contributed by atoms with Crippen molar-refractivity contribution in [1.29, 1.82) is 0 Å². The molecule has 4 rings (SSSR count). The standard InChI is InChI=1S/C19H20ClF2N7O/c1-30-18-13-17(26-8-27-19(13)29-6-4-25-5-7-29)15(22)12(14(18)20)11-9(21)2-3-10(28-24)16(11)23/h2-3,8,25,28H,4-7,23-24H2,1H3. The van der Waals surface area contributed by atoms with Crippen molar-refractivity contribution >= 4 is 39.7 Å². The number of anilines is 3. The second-order valence-corrected chi connectivity index (χ2v) is 7.10. The van der Waals surface area contributed by atoms with Crippen molar-refractivity contribution in [1.82, 2.24) is 15.3 Å². The number of hydrogen-bond acceptors (Lipinski definition) is 8. The molecule has 0 aliphatic carbocycles. The quantitative estimate of drug-likeness (QED) is 0.281. The lowest BCUT2D eigenvalue weighted by Crippen LogP contribution is -2.44. The van der Waals surface area contributed by atoms with Gasteiger partial charge in [0.15, 0.2) is 11.6 Å². The maximum atomic E-state index is 15.7. The van der Waals surface area contributed by atoms with Gasteiger partial charge < -0.3 is 26.1 Å². The minimum atomic E-state index is -0.825. The topological polar surface area (TPSA) is 114 Å². The minimum absolute atomic E-state index is 0.0420. The summed E-state index contributed by atoms with van der Waals surface area (Å²) >= 11 is 6.55. The zero-order valence-electron chi connectivity index (χ0n) is 16.1. The normalized spacial score (nSPS) is 14.2. The summed E-state index contributed by atoms with van der Waals surface area (Å²) in [6.07, 6.45) is 1.26. The van der Waals surface area contributed by atoms with Gasteiger partial charge in [-0.3, -0.25) is 5.84 Å². The Hall–Kier alpha value is -2.95. The van der Waals surface area contributed by atoms with E-state index < -0.39 is 11.6 Å². The van der Waals surface area contributed by atoms with Gasteiger partial charge in [-0.2, -0.15) is 0 Å². The minimum Gasteiger partial charge on any atom is -0.494 e. The number of piperazine rings is 1. The summed E-state index contributed by atoms with van der Waals surface area (Å²) in [5.74, 6) is 4.49. The summed E-state index contributed by atoms with van der Waals surface area (Å²) in [5.41, 5.74) is 8.03. The van der Waals surface area contributed by atoms with Crippen molar-refractivity contribution in [2.24, 2.45) is 5.84 Å². The predicted molar refractivity (Wildman–Crippen MR) is 114 cm³/mol. The van der Waals surface area contributed by atoms with E-state index in [-0.39, 0.29) is 38.8 Å². The van der Waals surface area contributed by atoms with Crippen LogP contribution in [0.3, 0.4) is 0 Å². The average Bonchev–Trinajstić information content (AvgIpc) is 2.76. The molecule has 158 valence electrons. The smallest absolute Gasteiger partial charge is 0.159 e. The molecule has 0 unspecified atom stereocenters. The van der Waals surface area contributed by atoms with Crippen LogP contribution in [0.5, 0.6) is 5.75 Å². The molecule has 1 aliphatic rings. The SMILES string of the molecule is COc1c(Cl)c(-c2c(F)ccc(NN)c2N)c(F)c2ncnc(N3CCNCC3)c12. The Balaban J connectivity index is 2.06. The maximum Gasteiger partial charge on any atom is 0.159 e. The highest BCUT2D eigenvalue weighted by Gasteiger charge is 2.29. The molecule has 2 aromatic carbocycles. The van der Waals surface area contributed by atoms with E-state index in [4.69, 9.17) is 27.9 Å². The van der Waals surface area contributed by atoms with Crippen LogP contribution in [0.2, 0.25) is 5.02 Å². The van der Waals surface area contributed by atoms with Crippen LogP contribution >= 0.6 is 11.6 Å². The van der Waals surface area contributed by atoms with E-state index in [1.54, 1.807) is 0 Å². The molecule has 0 radical (unpaired) electrons. The van der Waals surface area contributed by atoms with E-state index in [2.05, 4.69) is 20.7 Å². The number of ether oxygens (including phenoxy) is 1. The van der Waals surface area contributed by atoms with Crippen LogP contribution in [-0.4, -0.2) is 43.3 Å². The van der Waals surface area contributed by atoms with Crippen LogP contribution < -0.4 is 32.0 Å². The molecule has 8 nitrogen and oxygen atoms in total. The number of nitrogens with two attached hydrogens (primary N) is 2. The van der Waals surface area contributed by atoms with Crippen LogP contribution in [0.1, 0.15) is 0 Å². The number of methoxy groups -OCH3 is 1. The first-order chi connectivity index (χ1) is 14.5. The molecule has 30 heavy (non-hydrogen) atoms. The number of nitrogens with one attached hydrogen (secondary N) is 2. The molecule has 6 N–H and O–H groups in total. The molecule has 1 aromatic heterocycles. The molecule has 0 atom stereocenters. The Bertz CT molecular complexity index is 1120. The first-order valence-corrected chi connectivity index (χ1v) is 9.57. The Morgan fingerprint density at radius 3 is 2.60 bits per heavy atom. The van der Waals surface area contributed by atoms with Gasteiger partial charge in [-0.1, -0.05) is 11.6 Å². The number of aromatic nitrogens is 2. The van der Waals surface area contributed by atoms with Gasteiger partial charge in [-0.25, -0.2) is 18.7 Å². The Kier molecular flexibility index (Phi) is 5.46. The largest absolute Gasteiger partial charge is 0.494 e. The van der Waals surface area contributed by atoms with Gasteiger partial charge in [0.2, 0.25) is 0 Å². The number of rotatable bonds is 4. The third kappa shape index (κ3) is 3.13. The van der Waals surface area contributed by atoms with E-state index in [9.17, 15) is 4.39 Å². The van der Waals surface area contributed by atoms with Gasteiger partial charge in [-0.15, -0.1) is 0 Å². The lowest BCUT2D eigenvalue weighted by molar-refractivity contribution is 0.419. The van der Waals surface area contributed by atoms with E-state index in [1.807, 2.05) is 4.90 Å². The highest BCUT2D eigenvalue weighted by atomic mass is 35.5. The van der Waals surface area contributed by atoms with Crippen molar-refractivity contribution in [3.05, 3.63) is 35.1 Å². The zero-order valence-corrected chi connectivity index (χ0v) is 16.9. The Labute approximate surface area is 176 Å². The second-order valence-electron chi connectivity index (χ2n) is 6.72. The molecule has 0 saturated carbocycles. The fourth-order valence-corrected chi connectivity index (χ4v) is 4.04. The number of fused-ring (bicyclic) bond motifs is 1. The van der Waals surface area contributed by atoms with Crippen molar-refractivity contribution in [2.75, 3.05) is 49.3 Å². The van der Waals surface area contributed by atoms with E-state index in [0.29, 0.717) is 24.3 Å². The first kappa shape index (κ1) is 20.3. The second kappa shape index (κ2) is 8.05. The maximum absolute atomic E-state index is 15.7. The van der Waals surface area contributed by atoms with Gasteiger partial charge in [0.05, 0.1) is 28.9 Å². The van der Waals surface area contributed by atoms with Crippen LogP contribution in [-0.2, 0) is 0 Å². The van der Waals surface area contributed by atoms with Crippen LogP contribution in [0.15, 0.2) is 18.5 Å². The van der Waals surface area contributed by atoms with Crippen molar-refractivity contribution in [3.63, 3.8) is 0 Å². The third-order valence-electron chi connectivity index (χ3n) is 5.12. The molecular weight excluding hydrogens is 416 g/mol. The summed E-state index contributed by atoms with van der Waals surface area (Å²) < 4.78 is 36.0. The van der Waals surface area contributed by atoms with Crippen molar-refractivity contribution < 1.29 is 13.5 Å². The number of nitrogens with zero attached hydrogens (tertiary/aromatic N) is 3. The lowest BCUT2D eigenvalue weighted by Gasteiger charge is -2.29. The molecule has 11 heteroatoms. The molecule has 1 fully saturated rings. The average molecular weight is 436 g/mol. The highest BCUT2D eigenvalue weighted by Crippen LogP contribution is 2.48. The van der Waals surface area contributed by atoms with E-state index in [0.717, 1.165) is 19.2 Å². The van der Waals surface area contributed by atoms with E-state index in [1.165, 1.54) is 19.5 Å².